The van der Waals surface area contributed by atoms with Gasteiger partial charge < -0.3 is 8.98 Å². The van der Waals surface area contributed by atoms with Crippen LogP contribution in [0.15, 0.2) is 34.7 Å². The molecule has 2 heterocycles. The third-order valence-corrected chi connectivity index (χ3v) is 3.98. The van der Waals surface area contributed by atoms with Gasteiger partial charge in [-0.05, 0) is 57.5 Å². The van der Waals surface area contributed by atoms with Crippen LogP contribution in [0.2, 0.25) is 0 Å². The van der Waals surface area contributed by atoms with Gasteiger partial charge in [0.2, 0.25) is 0 Å². The van der Waals surface area contributed by atoms with E-state index < -0.39 is 0 Å². The van der Waals surface area contributed by atoms with Crippen LogP contribution in [0.4, 0.5) is 0 Å². The second-order valence-electron chi connectivity index (χ2n) is 5.57. The van der Waals surface area contributed by atoms with Gasteiger partial charge in [0.15, 0.2) is 0 Å². The minimum atomic E-state index is -0.156. The summed E-state index contributed by atoms with van der Waals surface area (Å²) >= 11 is 6.34. The second kappa shape index (κ2) is 5.23. The number of nitrogens with zero attached hydrogens (tertiary/aromatic N) is 2. The molecule has 0 spiro atoms. The molecule has 0 fully saturated rings. The van der Waals surface area contributed by atoms with Crippen molar-refractivity contribution in [2.75, 3.05) is 0 Å². The van der Waals surface area contributed by atoms with Crippen molar-refractivity contribution in [3.63, 3.8) is 0 Å². The average Bonchev–Trinajstić information content (AvgIpc) is 3.01. The largest absolute Gasteiger partial charge is 0.464 e. The first kappa shape index (κ1) is 14.2. The van der Waals surface area contributed by atoms with E-state index in [2.05, 4.69) is 30.5 Å². The molecule has 3 rings (SSSR count). The Morgan fingerprint density at radius 2 is 1.90 bits per heavy atom. The minimum absolute atomic E-state index is 0.0571. The summed E-state index contributed by atoms with van der Waals surface area (Å²) in [5.41, 5.74) is 3.28. The maximum Gasteiger partial charge on any atom is 0.128 e. The molecule has 0 radical (unpaired) electrons. The first-order chi connectivity index (χ1) is 9.97. The number of aromatic nitrogens is 2. The van der Waals surface area contributed by atoms with Gasteiger partial charge in [0, 0.05) is 0 Å². The molecular weight excluding hydrogens is 284 g/mol. The Balaban J connectivity index is 2.23. The van der Waals surface area contributed by atoms with E-state index in [-0.39, 0.29) is 11.4 Å². The maximum atomic E-state index is 6.34. The van der Waals surface area contributed by atoms with Crippen molar-refractivity contribution in [1.29, 1.82) is 0 Å². The zero-order valence-electron chi connectivity index (χ0n) is 12.7. The molecule has 21 heavy (non-hydrogen) atoms. The predicted molar refractivity (Wildman–Crippen MR) is 86.0 cm³/mol. The maximum absolute atomic E-state index is 6.34. The fourth-order valence-electron chi connectivity index (χ4n) is 2.71. The van der Waals surface area contributed by atoms with Gasteiger partial charge in [0.05, 0.1) is 22.5 Å². The van der Waals surface area contributed by atoms with Gasteiger partial charge in [-0.1, -0.05) is 6.07 Å². The zero-order valence-corrected chi connectivity index (χ0v) is 13.5. The lowest BCUT2D eigenvalue weighted by Crippen LogP contribution is -2.10. The van der Waals surface area contributed by atoms with Crippen LogP contribution in [-0.4, -0.2) is 9.55 Å². The lowest BCUT2D eigenvalue weighted by Gasteiger charge is -2.17. The number of hydrogen-bond acceptors (Lipinski definition) is 2. The summed E-state index contributed by atoms with van der Waals surface area (Å²) in [7, 11) is 0. The van der Waals surface area contributed by atoms with Gasteiger partial charge in [-0.15, -0.1) is 11.6 Å². The smallest absolute Gasteiger partial charge is 0.128 e. The van der Waals surface area contributed by atoms with Crippen LogP contribution in [0.25, 0.3) is 11.0 Å². The first-order valence-corrected chi connectivity index (χ1v) is 7.60. The van der Waals surface area contributed by atoms with Crippen LogP contribution in [0.5, 0.6) is 0 Å². The Bertz CT molecular complexity index is 785. The van der Waals surface area contributed by atoms with E-state index in [4.69, 9.17) is 21.0 Å². The predicted octanol–water partition coefficient (Wildman–Crippen LogP) is 5.16. The molecule has 4 heteroatoms. The molecule has 0 bridgehead atoms. The molecular formula is C17H19ClN2O. The highest BCUT2D eigenvalue weighted by atomic mass is 35.5. The highest BCUT2D eigenvalue weighted by molar-refractivity contribution is 6.20. The summed E-state index contributed by atoms with van der Waals surface area (Å²) < 4.78 is 7.97. The Morgan fingerprint density at radius 3 is 2.52 bits per heavy atom. The molecule has 0 saturated heterocycles. The van der Waals surface area contributed by atoms with E-state index in [1.54, 1.807) is 0 Å². The quantitative estimate of drug-likeness (QED) is 0.626. The van der Waals surface area contributed by atoms with E-state index in [9.17, 15) is 0 Å². The minimum Gasteiger partial charge on any atom is -0.464 e. The van der Waals surface area contributed by atoms with E-state index in [1.165, 1.54) is 5.56 Å². The lowest BCUT2D eigenvalue weighted by molar-refractivity contribution is 0.427. The van der Waals surface area contributed by atoms with Crippen LogP contribution in [-0.2, 0) is 0 Å². The number of imidazole rings is 1. The third-order valence-electron chi connectivity index (χ3n) is 3.79. The van der Waals surface area contributed by atoms with Crippen LogP contribution in [0, 0.1) is 13.8 Å². The molecule has 1 aromatic carbocycles. The molecule has 2 aromatic heterocycles. The average molecular weight is 303 g/mol. The second-order valence-corrected chi connectivity index (χ2v) is 6.23. The van der Waals surface area contributed by atoms with Crippen molar-refractivity contribution in [2.45, 2.75) is 39.1 Å². The number of rotatable bonds is 3. The van der Waals surface area contributed by atoms with Gasteiger partial charge in [0.1, 0.15) is 17.3 Å². The summed E-state index contributed by atoms with van der Waals surface area (Å²) in [6, 6.07) is 10.3. The van der Waals surface area contributed by atoms with Crippen molar-refractivity contribution in [2.24, 2.45) is 0 Å². The standard InChI is InChI=1S/C17H19ClN2O/c1-10-5-7-14-15(9-10)20(17(19-14)12(3)18)13(4)16-8-6-11(2)21-16/h5-9,12-13H,1-4H3. The summed E-state index contributed by atoms with van der Waals surface area (Å²) in [4.78, 5) is 4.70. The van der Waals surface area contributed by atoms with Gasteiger partial charge in [0.25, 0.3) is 0 Å². The Kier molecular flexibility index (Phi) is 3.54. The SMILES string of the molecule is Cc1ccc2nc(C(C)Cl)n(C(C)c3ccc(C)o3)c2c1. The Morgan fingerprint density at radius 1 is 1.14 bits per heavy atom. The molecule has 2 atom stereocenters. The van der Waals surface area contributed by atoms with Gasteiger partial charge in [-0.25, -0.2) is 4.98 Å². The van der Waals surface area contributed by atoms with Crippen molar-refractivity contribution < 1.29 is 4.42 Å². The lowest BCUT2D eigenvalue weighted by atomic mass is 10.2. The normalized spacial score (nSPS) is 14.5. The molecule has 0 aliphatic rings. The molecule has 0 amide bonds. The highest BCUT2D eigenvalue weighted by Crippen LogP contribution is 2.32. The molecule has 3 aromatic rings. The molecule has 0 aliphatic heterocycles. The topological polar surface area (TPSA) is 31.0 Å². The van der Waals surface area contributed by atoms with E-state index in [1.807, 2.05) is 32.0 Å². The monoisotopic (exact) mass is 302 g/mol. The number of fused-ring (bicyclic) bond motifs is 1. The van der Waals surface area contributed by atoms with Crippen LogP contribution in [0.3, 0.4) is 0 Å². The van der Waals surface area contributed by atoms with Gasteiger partial charge in [-0.3, -0.25) is 0 Å². The summed E-state index contributed by atoms with van der Waals surface area (Å²) in [6.45, 7) is 8.11. The van der Waals surface area contributed by atoms with Crippen LogP contribution >= 0.6 is 11.6 Å². The number of aryl methyl sites for hydroxylation is 2. The Labute approximate surface area is 129 Å². The van der Waals surface area contributed by atoms with Crippen LogP contribution in [0.1, 0.15) is 48.2 Å². The fourth-order valence-corrected chi connectivity index (χ4v) is 2.87. The molecule has 0 aliphatic carbocycles. The fraction of sp³-hybridized carbons (Fsp3) is 0.353. The molecule has 2 unspecified atom stereocenters. The van der Waals surface area contributed by atoms with Gasteiger partial charge >= 0.3 is 0 Å². The molecule has 110 valence electrons. The number of benzene rings is 1. The van der Waals surface area contributed by atoms with Crippen molar-refractivity contribution >= 4 is 22.6 Å². The van der Waals surface area contributed by atoms with E-state index in [0.29, 0.717) is 0 Å². The van der Waals surface area contributed by atoms with Crippen molar-refractivity contribution in [3.8, 4) is 0 Å². The Hall–Kier alpha value is -1.74. The summed E-state index contributed by atoms with van der Waals surface area (Å²) in [5, 5.41) is -0.156. The number of halogens is 1. The number of hydrogen-bond donors (Lipinski definition) is 0. The van der Waals surface area contributed by atoms with E-state index in [0.717, 1.165) is 28.4 Å². The molecule has 0 saturated carbocycles. The molecule has 3 nitrogen and oxygen atoms in total. The summed E-state index contributed by atoms with van der Waals surface area (Å²) in [6.07, 6.45) is 0. The van der Waals surface area contributed by atoms with Crippen molar-refractivity contribution in [3.05, 3.63) is 53.2 Å². The van der Waals surface area contributed by atoms with E-state index >= 15 is 0 Å². The number of alkyl halides is 1. The molecule has 0 N–H and O–H groups in total. The van der Waals surface area contributed by atoms with Crippen LogP contribution < -0.4 is 0 Å². The third kappa shape index (κ3) is 2.46. The zero-order chi connectivity index (χ0) is 15.1. The number of furan rings is 1. The van der Waals surface area contributed by atoms with Crippen molar-refractivity contribution in [1.82, 2.24) is 9.55 Å². The van der Waals surface area contributed by atoms with Gasteiger partial charge in [-0.2, -0.15) is 0 Å². The first-order valence-electron chi connectivity index (χ1n) is 7.16. The highest BCUT2D eigenvalue weighted by Gasteiger charge is 2.22. The summed E-state index contributed by atoms with van der Waals surface area (Å²) in [5.74, 6) is 2.71.